The number of hydrogen-bond acceptors (Lipinski definition) is 7. The number of benzene rings is 1. The van der Waals surface area contributed by atoms with Crippen molar-refractivity contribution in [2.45, 2.75) is 29.9 Å². The van der Waals surface area contributed by atoms with E-state index in [9.17, 15) is 9.59 Å². The quantitative estimate of drug-likeness (QED) is 0.590. The van der Waals surface area contributed by atoms with E-state index in [1.54, 1.807) is 43.5 Å². The lowest BCUT2D eigenvalue weighted by molar-refractivity contribution is -0.142. The Morgan fingerprint density at radius 2 is 2.12 bits per heavy atom. The van der Waals surface area contributed by atoms with Crippen LogP contribution in [0.3, 0.4) is 0 Å². The lowest BCUT2D eigenvalue weighted by Crippen LogP contribution is -2.22. The van der Waals surface area contributed by atoms with Gasteiger partial charge in [-0.3, -0.25) is 9.59 Å². The van der Waals surface area contributed by atoms with E-state index in [1.165, 1.54) is 23.1 Å². The summed E-state index contributed by atoms with van der Waals surface area (Å²) in [6.45, 7) is 3.89. The second-order valence-corrected chi connectivity index (χ2v) is 7.47. The maximum Gasteiger partial charge on any atom is 0.311 e. The first kappa shape index (κ1) is 19.0. The molecule has 130 valence electrons. The van der Waals surface area contributed by atoms with Crippen molar-refractivity contribution in [1.82, 2.24) is 4.98 Å². The van der Waals surface area contributed by atoms with Gasteiger partial charge in [-0.25, -0.2) is 4.98 Å². The molecule has 1 N–H and O–H groups in total. The number of aromatic nitrogens is 1. The van der Waals surface area contributed by atoms with Gasteiger partial charge in [0.25, 0.3) is 0 Å². The number of nitrogens with one attached hydrogen (secondary N) is 1. The molecule has 0 aliphatic rings. The van der Waals surface area contributed by atoms with Gasteiger partial charge in [0.15, 0.2) is 4.34 Å². The molecule has 1 heterocycles. The first-order valence-corrected chi connectivity index (χ1v) is 9.35. The Kier molecular flexibility index (Phi) is 6.98. The predicted octanol–water partition coefficient (Wildman–Crippen LogP) is 3.24. The number of hydrogen-bond donors (Lipinski definition) is 1. The molecule has 1 amide bonds. The zero-order valence-electron chi connectivity index (χ0n) is 13.8. The predicted molar refractivity (Wildman–Crippen MR) is 97.6 cm³/mol. The molecule has 0 aliphatic carbocycles. The molecule has 2 aromatic rings. The van der Waals surface area contributed by atoms with Gasteiger partial charge in [0.1, 0.15) is 0 Å². The van der Waals surface area contributed by atoms with E-state index < -0.39 is 0 Å². The summed E-state index contributed by atoms with van der Waals surface area (Å²) in [6.07, 6.45) is 0.136. The maximum absolute atomic E-state index is 12.2. The molecule has 0 unspecified atom stereocenters. The second kappa shape index (κ2) is 9.20. The van der Waals surface area contributed by atoms with Gasteiger partial charge in [-0.15, -0.1) is 11.3 Å². The van der Waals surface area contributed by atoms with E-state index in [4.69, 9.17) is 10.00 Å². The first-order valence-electron chi connectivity index (χ1n) is 7.59. The zero-order valence-corrected chi connectivity index (χ0v) is 15.4. The minimum atomic E-state index is -0.350. The van der Waals surface area contributed by atoms with Crippen molar-refractivity contribution in [1.29, 1.82) is 5.26 Å². The third-order valence-electron chi connectivity index (χ3n) is 3.09. The number of amides is 1. The molecule has 0 bridgehead atoms. The molecule has 0 fully saturated rings. The molecule has 0 aliphatic heterocycles. The fraction of sp³-hybridized carbons (Fsp3) is 0.294. The molecular formula is C17H17N3O3S2. The molecule has 2 rings (SSSR count). The molecule has 0 saturated carbocycles. The van der Waals surface area contributed by atoms with Crippen LogP contribution in [0.15, 0.2) is 34.0 Å². The third-order valence-corrected chi connectivity index (χ3v) is 5.21. The van der Waals surface area contributed by atoms with Crippen molar-refractivity contribution in [3.8, 4) is 6.07 Å². The SMILES string of the molecule is CCOC(=O)Cc1csc(S[C@@H](C)C(=O)Nc2ccc(C#N)cc2)n1. The van der Waals surface area contributed by atoms with Crippen LogP contribution in [0.4, 0.5) is 5.69 Å². The Balaban J connectivity index is 1.89. The van der Waals surface area contributed by atoms with Crippen molar-refractivity contribution in [3.63, 3.8) is 0 Å². The number of ether oxygens (including phenoxy) is 1. The van der Waals surface area contributed by atoms with Crippen molar-refractivity contribution in [3.05, 3.63) is 40.9 Å². The first-order chi connectivity index (χ1) is 12.0. The number of anilines is 1. The highest BCUT2D eigenvalue weighted by Crippen LogP contribution is 2.27. The molecule has 6 nitrogen and oxygen atoms in total. The number of thioether (sulfide) groups is 1. The third kappa shape index (κ3) is 5.89. The fourth-order valence-corrected chi connectivity index (χ4v) is 3.84. The van der Waals surface area contributed by atoms with E-state index in [2.05, 4.69) is 10.3 Å². The summed E-state index contributed by atoms with van der Waals surface area (Å²) in [4.78, 5) is 28.0. The molecule has 1 aromatic heterocycles. The number of carbonyl (C=O) groups is 2. The van der Waals surface area contributed by atoms with Crippen LogP contribution in [-0.2, 0) is 20.7 Å². The molecular weight excluding hydrogens is 358 g/mol. The van der Waals surface area contributed by atoms with Crippen molar-refractivity contribution in [2.24, 2.45) is 0 Å². The normalized spacial score (nSPS) is 11.4. The largest absolute Gasteiger partial charge is 0.466 e. The van der Waals surface area contributed by atoms with Gasteiger partial charge in [0.2, 0.25) is 5.91 Å². The van der Waals surface area contributed by atoms with Crippen molar-refractivity contribution < 1.29 is 14.3 Å². The van der Waals surface area contributed by atoms with Gasteiger partial charge in [0.05, 0.1) is 35.6 Å². The molecule has 1 aromatic carbocycles. The average molecular weight is 375 g/mol. The summed E-state index contributed by atoms with van der Waals surface area (Å²) < 4.78 is 5.62. The maximum atomic E-state index is 12.2. The molecule has 8 heteroatoms. The van der Waals surface area contributed by atoms with E-state index in [1.807, 2.05) is 6.07 Å². The Morgan fingerprint density at radius 3 is 2.76 bits per heavy atom. The standard InChI is InChI=1S/C17H17N3O3S2/c1-3-23-15(21)8-14-10-24-17(20-14)25-11(2)16(22)19-13-6-4-12(9-18)5-7-13/h4-7,10-11H,3,8H2,1-2H3,(H,19,22)/t11-/m0/s1. The van der Waals surface area contributed by atoms with E-state index in [0.717, 1.165) is 4.34 Å². The van der Waals surface area contributed by atoms with Gasteiger partial charge >= 0.3 is 5.97 Å². The second-order valence-electron chi connectivity index (χ2n) is 5.03. The van der Waals surface area contributed by atoms with Crippen molar-refractivity contribution >= 4 is 40.7 Å². The highest BCUT2D eigenvalue weighted by molar-refractivity contribution is 8.02. The van der Waals surface area contributed by atoms with Crippen LogP contribution >= 0.6 is 23.1 Å². The fourth-order valence-electron chi connectivity index (χ4n) is 1.86. The number of rotatable bonds is 7. The molecule has 25 heavy (non-hydrogen) atoms. The monoisotopic (exact) mass is 375 g/mol. The lowest BCUT2D eigenvalue weighted by Gasteiger charge is -2.10. The Hall–Kier alpha value is -2.37. The summed E-state index contributed by atoms with van der Waals surface area (Å²) in [7, 11) is 0. The number of esters is 1. The molecule has 0 spiro atoms. The molecule has 0 saturated heterocycles. The number of nitriles is 1. The summed E-state index contributed by atoms with van der Waals surface area (Å²) in [5.41, 5.74) is 1.82. The molecule has 1 atom stereocenters. The minimum absolute atomic E-state index is 0.136. The van der Waals surface area contributed by atoms with E-state index in [-0.39, 0.29) is 23.5 Å². The zero-order chi connectivity index (χ0) is 18.2. The van der Waals surface area contributed by atoms with Gasteiger partial charge < -0.3 is 10.1 Å². The van der Waals surface area contributed by atoms with Crippen LogP contribution in [0.5, 0.6) is 0 Å². The van der Waals surface area contributed by atoms with E-state index in [0.29, 0.717) is 23.6 Å². The summed E-state index contributed by atoms with van der Waals surface area (Å²) in [5, 5.41) is 13.0. The lowest BCUT2D eigenvalue weighted by atomic mass is 10.2. The number of thiazole rings is 1. The summed E-state index contributed by atoms with van der Waals surface area (Å²) in [6, 6.07) is 8.71. The minimum Gasteiger partial charge on any atom is -0.466 e. The van der Waals surface area contributed by atoms with Crippen LogP contribution in [0.2, 0.25) is 0 Å². The summed E-state index contributed by atoms with van der Waals surface area (Å²) in [5.74, 6) is -0.465. The highest BCUT2D eigenvalue weighted by atomic mass is 32.2. The van der Waals surface area contributed by atoms with Crippen LogP contribution in [0, 0.1) is 11.3 Å². The topological polar surface area (TPSA) is 92.1 Å². The van der Waals surface area contributed by atoms with Gasteiger partial charge in [-0.05, 0) is 38.1 Å². The molecule has 0 radical (unpaired) electrons. The Bertz CT molecular complexity index is 781. The van der Waals surface area contributed by atoms with E-state index >= 15 is 0 Å². The van der Waals surface area contributed by atoms with Crippen LogP contribution < -0.4 is 5.32 Å². The average Bonchev–Trinajstić information content (AvgIpc) is 3.02. The Labute approximate surface area is 154 Å². The van der Waals surface area contributed by atoms with Crippen LogP contribution in [0.25, 0.3) is 0 Å². The van der Waals surface area contributed by atoms with Crippen LogP contribution in [-0.4, -0.2) is 28.7 Å². The van der Waals surface area contributed by atoms with Gasteiger partial charge in [-0.2, -0.15) is 5.26 Å². The number of carbonyl (C=O) groups excluding carboxylic acids is 2. The Morgan fingerprint density at radius 1 is 1.40 bits per heavy atom. The smallest absolute Gasteiger partial charge is 0.311 e. The van der Waals surface area contributed by atoms with Gasteiger partial charge in [0, 0.05) is 11.1 Å². The summed E-state index contributed by atoms with van der Waals surface area (Å²) >= 11 is 2.73. The van der Waals surface area contributed by atoms with Gasteiger partial charge in [-0.1, -0.05) is 11.8 Å². The van der Waals surface area contributed by atoms with Crippen molar-refractivity contribution in [2.75, 3.05) is 11.9 Å². The van der Waals surface area contributed by atoms with Crippen LogP contribution in [0.1, 0.15) is 25.1 Å². The highest BCUT2D eigenvalue weighted by Gasteiger charge is 2.17. The number of nitrogens with zero attached hydrogens (tertiary/aromatic N) is 2.